The van der Waals surface area contributed by atoms with Crippen LogP contribution >= 0.6 is 0 Å². The van der Waals surface area contributed by atoms with Gasteiger partial charge in [-0.05, 0) is 56.1 Å². The van der Waals surface area contributed by atoms with Crippen LogP contribution in [0.4, 0.5) is 5.69 Å². The minimum atomic E-state index is 0.0263. The Morgan fingerprint density at radius 3 is 2.15 bits per heavy atom. The fourth-order valence-electron chi connectivity index (χ4n) is 4.50. The molecule has 2 aliphatic rings. The van der Waals surface area contributed by atoms with E-state index in [0.717, 1.165) is 57.3 Å². The first-order valence-electron chi connectivity index (χ1n) is 10.7. The zero-order valence-electron chi connectivity index (χ0n) is 16.9. The van der Waals surface area contributed by atoms with E-state index >= 15 is 0 Å². The van der Waals surface area contributed by atoms with Crippen molar-refractivity contribution >= 4 is 17.5 Å². The van der Waals surface area contributed by atoms with Gasteiger partial charge in [-0.2, -0.15) is 0 Å². The number of likely N-dealkylation sites (tertiary alicyclic amines) is 1. The Hall–Kier alpha value is -1.84. The number of nitrogens with zero attached hydrogens (tertiary/aromatic N) is 1. The van der Waals surface area contributed by atoms with Crippen LogP contribution in [0.25, 0.3) is 0 Å². The van der Waals surface area contributed by atoms with Crippen LogP contribution in [0.1, 0.15) is 76.7 Å². The van der Waals surface area contributed by atoms with Crippen molar-refractivity contribution in [3.63, 3.8) is 0 Å². The maximum Gasteiger partial charge on any atom is 0.227 e. The van der Waals surface area contributed by atoms with Gasteiger partial charge >= 0.3 is 0 Å². The van der Waals surface area contributed by atoms with Gasteiger partial charge in [-0.1, -0.05) is 44.9 Å². The Balaban J connectivity index is 1.53. The van der Waals surface area contributed by atoms with Crippen molar-refractivity contribution < 1.29 is 9.59 Å². The molecular formula is C23H34N2O2. The number of rotatable bonds is 4. The number of hydrogen-bond acceptors (Lipinski definition) is 2. The standard InChI is InChI=1S/C23H34N2O2/c1-17(2)20-9-5-6-10-21(20)24-22(26)18-11-13-19(14-12-18)23(27)25-15-7-3-4-8-16-25/h5-6,9-10,17-19H,3-4,7-8,11-16H2,1-2H3,(H,24,26). The number of nitrogens with one attached hydrogen (secondary N) is 1. The minimum Gasteiger partial charge on any atom is -0.342 e. The van der Waals surface area contributed by atoms with E-state index in [9.17, 15) is 9.59 Å². The molecule has 1 saturated heterocycles. The van der Waals surface area contributed by atoms with E-state index in [0.29, 0.717) is 11.8 Å². The Labute approximate surface area is 163 Å². The van der Waals surface area contributed by atoms with Crippen LogP contribution in [0.5, 0.6) is 0 Å². The molecule has 0 aromatic heterocycles. The lowest BCUT2D eigenvalue weighted by Crippen LogP contribution is -2.39. The number of anilines is 1. The average Bonchev–Trinajstić information content (AvgIpc) is 2.97. The van der Waals surface area contributed by atoms with E-state index in [1.54, 1.807) is 0 Å². The van der Waals surface area contributed by atoms with Crippen molar-refractivity contribution in [2.45, 2.75) is 71.1 Å². The van der Waals surface area contributed by atoms with Crippen LogP contribution in [-0.4, -0.2) is 29.8 Å². The smallest absolute Gasteiger partial charge is 0.227 e. The summed E-state index contributed by atoms with van der Waals surface area (Å²) in [7, 11) is 0. The van der Waals surface area contributed by atoms with Gasteiger partial charge in [-0.3, -0.25) is 9.59 Å². The lowest BCUT2D eigenvalue weighted by atomic mass is 9.80. The highest BCUT2D eigenvalue weighted by Gasteiger charge is 2.32. The number of amides is 2. The number of carbonyl (C=O) groups is 2. The fourth-order valence-corrected chi connectivity index (χ4v) is 4.50. The van der Waals surface area contributed by atoms with Gasteiger partial charge in [0.15, 0.2) is 0 Å². The summed E-state index contributed by atoms with van der Waals surface area (Å²) in [6.45, 7) is 6.13. The predicted octanol–water partition coefficient (Wildman–Crippen LogP) is 4.96. The van der Waals surface area contributed by atoms with Gasteiger partial charge in [-0.15, -0.1) is 0 Å². The van der Waals surface area contributed by atoms with Crippen LogP contribution < -0.4 is 5.32 Å². The summed E-state index contributed by atoms with van der Waals surface area (Å²) in [4.78, 5) is 27.7. The SMILES string of the molecule is CC(C)c1ccccc1NC(=O)C1CCC(C(=O)N2CCCCCC2)CC1. The van der Waals surface area contributed by atoms with E-state index in [1.807, 2.05) is 18.2 Å². The average molecular weight is 371 g/mol. The van der Waals surface area contributed by atoms with Crippen molar-refractivity contribution in [1.82, 2.24) is 4.90 Å². The third-order valence-electron chi connectivity index (χ3n) is 6.21. The Morgan fingerprint density at radius 2 is 1.52 bits per heavy atom. The van der Waals surface area contributed by atoms with Gasteiger partial charge in [0.2, 0.25) is 11.8 Å². The molecule has 1 aromatic carbocycles. The van der Waals surface area contributed by atoms with Crippen molar-refractivity contribution in [3.8, 4) is 0 Å². The first-order chi connectivity index (χ1) is 13.1. The second-order valence-electron chi connectivity index (χ2n) is 8.52. The Morgan fingerprint density at radius 1 is 0.926 bits per heavy atom. The Bertz CT molecular complexity index is 640. The van der Waals surface area contributed by atoms with Gasteiger partial charge in [0.25, 0.3) is 0 Å². The van der Waals surface area contributed by atoms with Crippen molar-refractivity contribution in [1.29, 1.82) is 0 Å². The van der Waals surface area contributed by atoms with E-state index in [-0.39, 0.29) is 17.7 Å². The first kappa shape index (κ1) is 19.9. The number of para-hydroxylation sites is 1. The molecule has 2 amide bonds. The number of benzene rings is 1. The highest BCUT2D eigenvalue weighted by molar-refractivity contribution is 5.93. The molecule has 1 aromatic rings. The quantitative estimate of drug-likeness (QED) is 0.814. The predicted molar refractivity (Wildman–Crippen MR) is 110 cm³/mol. The minimum absolute atomic E-state index is 0.0263. The van der Waals surface area contributed by atoms with Gasteiger partial charge in [-0.25, -0.2) is 0 Å². The molecule has 0 unspecified atom stereocenters. The third-order valence-corrected chi connectivity index (χ3v) is 6.21. The van der Waals surface area contributed by atoms with E-state index < -0.39 is 0 Å². The molecular weight excluding hydrogens is 336 g/mol. The molecule has 0 atom stereocenters. The lowest BCUT2D eigenvalue weighted by molar-refractivity contribution is -0.137. The van der Waals surface area contributed by atoms with Crippen LogP contribution in [-0.2, 0) is 9.59 Å². The lowest BCUT2D eigenvalue weighted by Gasteiger charge is -2.31. The second-order valence-corrected chi connectivity index (χ2v) is 8.52. The monoisotopic (exact) mass is 370 g/mol. The number of carbonyl (C=O) groups excluding carboxylic acids is 2. The zero-order chi connectivity index (χ0) is 19.2. The molecule has 0 bridgehead atoms. The van der Waals surface area contributed by atoms with Crippen LogP contribution in [0.3, 0.4) is 0 Å². The van der Waals surface area contributed by atoms with E-state index in [4.69, 9.17) is 0 Å². The molecule has 1 heterocycles. The molecule has 2 fully saturated rings. The molecule has 1 aliphatic heterocycles. The molecule has 1 saturated carbocycles. The topological polar surface area (TPSA) is 49.4 Å². The van der Waals surface area contributed by atoms with Crippen LogP contribution in [0.15, 0.2) is 24.3 Å². The highest BCUT2D eigenvalue weighted by atomic mass is 16.2. The molecule has 0 radical (unpaired) electrons. The van der Waals surface area contributed by atoms with Crippen molar-refractivity contribution in [2.24, 2.45) is 11.8 Å². The first-order valence-corrected chi connectivity index (χ1v) is 10.7. The summed E-state index contributed by atoms with van der Waals surface area (Å²) in [5.74, 6) is 0.974. The van der Waals surface area contributed by atoms with Crippen LogP contribution in [0.2, 0.25) is 0 Å². The van der Waals surface area contributed by atoms with Crippen molar-refractivity contribution in [2.75, 3.05) is 18.4 Å². The summed E-state index contributed by atoms with van der Waals surface area (Å²) < 4.78 is 0. The Kier molecular flexibility index (Phi) is 6.92. The molecule has 4 heteroatoms. The summed E-state index contributed by atoms with van der Waals surface area (Å²) >= 11 is 0. The summed E-state index contributed by atoms with van der Waals surface area (Å²) in [5.41, 5.74) is 2.11. The molecule has 1 N–H and O–H groups in total. The molecule has 27 heavy (non-hydrogen) atoms. The van der Waals surface area contributed by atoms with Gasteiger partial charge in [0.05, 0.1) is 0 Å². The maximum atomic E-state index is 12.8. The van der Waals surface area contributed by atoms with E-state index in [1.165, 1.54) is 18.4 Å². The molecule has 3 rings (SSSR count). The number of hydrogen-bond donors (Lipinski definition) is 1. The largest absolute Gasteiger partial charge is 0.342 e. The molecule has 148 valence electrons. The second kappa shape index (κ2) is 9.38. The highest BCUT2D eigenvalue weighted by Crippen LogP contribution is 2.32. The molecule has 0 spiro atoms. The molecule has 1 aliphatic carbocycles. The van der Waals surface area contributed by atoms with Gasteiger partial charge in [0, 0.05) is 30.6 Å². The van der Waals surface area contributed by atoms with E-state index in [2.05, 4.69) is 30.1 Å². The maximum absolute atomic E-state index is 12.8. The summed E-state index contributed by atoms with van der Waals surface area (Å²) in [5, 5.41) is 3.14. The van der Waals surface area contributed by atoms with Gasteiger partial charge < -0.3 is 10.2 Å². The van der Waals surface area contributed by atoms with Crippen LogP contribution in [0, 0.1) is 11.8 Å². The molecule has 4 nitrogen and oxygen atoms in total. The summed E-state index contributed by atoms with van der Waals surface area (Å²) in [6.07, 6.45) is 8.10. The summed E-state index contributed by atoms with van der Waals surface area (Å²) in [6, 6.07) is 8.06. The normalized spacial score (nSPS) is 23.7. The van der Waals surface area contributed by atoms with Gasteiger partial charge in [0.1, 0.15) is 0 Å². The van der Waals surface area contributed by atoms with Crippen molar-refractivity contribution in [3.05, 3.63) is 29.8 Å². The fraction of sp³-hybridized carbons (Fsp3) is 0.652. The third kappa shape index (κ3) is 5.12. The zero-order valence-corrected chi connectivity index (χ0v) is 16.9.